The first-order valence-electron chi connectivity index (χ1n) is 2.74. The lowest BCUT2D eigenvalue weighted by atomic mass is 9.98. The molecule has 0 fully saturated rings. The van der Waals surface area contributed by atoms with E-state index in [2.05, 4.69) is 0 Å². The van der Waals surface area contributed by atoms with Crippen LogP contribution in [0.4, 0.5) is 0 Å². The van der Waals surface area contributed by atoms with Crippen molar-refractivity contribution in [2.45, 2.75) is 18.6 Å². The summed E-state index contributed by atoms with van der Waals surface area (Å²) in [7, 11) is 0. The molecule has 0 bridgehead atoms. The van der Waals surface area contributed by atoms with Crippen molar-refractivity contribution in [2.75, 3.05) is 0 Å². The van der Waals surface area contributed by atoms with Crippen LogP contribution in [0, 0.1) is 0 Å². The molecule has 0 aliphatic rings. The number of aliphatic hydroxyl groups is 1. The van der Waals surface area contributed by atoms with E-state index in [4.69, 9.17) is 21.1 Å². The molecule has 0 aromatic heterocycles. The van der Waals surface area contributed by atoms with Crippen LogP contribution in [0.2, 0.25) is 0 Å². The highest BCUT2D eigenvalue weighted by Crippen LogP contribution is 2.07. The second kappa shape index (κ2) is 2.85. The van der Waals surface area contributed by atoms with E-state index in [1.54, 1.807) is 0 Å². The fourth-order valence-electron chi connectivity index (χ4n) is 0.373. The number of hydrogen-bond donors (Lipinski definition) is 4. The minimum atomic E-state index is -2.42. The molecule has 0 saturated heterocycles. The Kier molecular flexibility index (Phi) is 2.55. The fraction of sp³-hybridized carbons (Fsp3) is 0.600. The first kappa shape index (κ1) is 9.86. The number of nitrogens with two attached hydrogens (primary N) is 1. The summed E-state index contributed by atoms with van der Waals surface area (Å²) in [5, 5.41) is 25.4. The van der Waals surface area contributed by atoms with Crippen LogP contribution in [0.5, 0.6) is 0 Å². The maximum atomic E-state index is 10.2. The van der Waals surface area contributed by atoms with Gasteiger partial charge in [0.1, 0.15) is 6.04 Å². The fourth-order valence-corrected chi connectivity index (χ4v) is 0.373. The van der Waals surface area contributed by atoms with E-state index in [-0.39, 0.29) is 0 Å². The number of hydrogen-bond acceptors (Lipinski definition) is 4. The van der Waals surface area contributed by atoms with Crippen molar-refractivity contribution in [1.82, 2.24) is 0 Å². The molecule has 0 aromatic carbocycles. The molecule has 6 nitrogen and oxygen atoms in total. The second-order valence-corrected chi connectivity index (χ2v) is 2.27. The monoisotopic (exact) mass is 163 g/mol. The summed E-state index contributed by atoms with van der Waals surface area (Å²) in [4.78, 5) is 20.3. The highest BCUT2D eigenvalue weighted by atomic mass is 16.4. The molecule has 11 heavy (non-hydrogen) atoms. The van der Waals surface area contributed by atoms with Crippen LogP contribution >= 0.6 is 0 Å². The molecular weight excluding hydrogens is 154 g/mol. The minimum Gasteiger partial charge on any atom is -0.480 e. The van der Waals surface area contributed by atoms with Crippen molar-refractivity contribution in [3.63, 3.8) is 0 Å². The molecule has 64 valence electrons. The molecule has 0 heterocycles. The first-order valence-corrected chi connectivity index (χ1v) is 2.74. The molecule has 0 aromatic rings. The second-order valence-electron chi connectivity index (χ2n) is 2.27. The summed E-state index contributed by atoms with van der Waals surface area (Å²) in [6.45, 7) is 0.828. The normalized spacial score (nSPS) is 18.5. The zero-order chi connectivity index (χ0) is 9.23. The predicted octanol–water partition coefficient (Wildman–Crippen LogP) is -1.77. The smallest absolute Gasteiger partial charge is 0.337 e. The maximum absolute atomic E-state index is 10.2. The number of carboxylic acids is 2. The van der Waals surface area contributed by atoms with Crippen molar-refractivity contribution in [3.05, 3.63) is 0 Å². The Morgan fingerprint density at radius 3 is 1.91 bits per heavy atom. The van der Waals surface area contributed by atoms with Gasteiger partial charge in [0.2, 0.25) is 0 Å². The lowest BCUT2D eigenvalue weighted by Crippen LogP contribution is -2.55. The van der Waals surface area contributed by atoms with Gasteiger partial charge in [-0.3, -0.25) is 4.79 Å². The Morgan fingerprint density at radius 1 is 1.45 bits per heavy atom. The highest BCUT2D eigenvalue weighted by molar-refractivity contribution is 5.87. The molecule has 0 spiro atoms. The third-order valence-electron chi connectivity index (χ3n) is 1.30. The summed E-state index contributed by atoms with van der Waals surface area (Å²) in [6.07, 6.45) is 0. The zero-order valence-electron chi connectivity index (χ0n) is 5.81. The first-order chi connectivity index (χ1) is 4.80. The average molecular weight is 163 g/mol. The standard InChI is InChI=1S/C5H9NO5/c1-5(11,4(9)10)2(6)3(7)8/h2,11H,6H2,1H3,(H,7,8)(H,9,10)/t2-,5-/m1/s1. The van der Waals surface area contributed by atoms with E-state index in [1.165, 1.54) is 0 Å². The van der Waals surface area contributed by atoms with Gasteiger partial charge in [-0.05, 0) is 6.92 Å². The van der Waals surface area contributed by atoms with Gasteiger partial charge in [-0.15, -0.1) is 0 Å². The summed E-state index contributed by atoms with van der Waals surface area (Å²) in [5.74, 6) is -3.22. The van der Waals surface area contributed by atoms with Gasteiger partial charge in [0.15, 0.2) is 5.60 Å². The summed E-state index contributed by atoms with van der Waals surface area (Å²) < 4.78 is 0. The molecular formula is C5H9NO5. The van der Waals surface area contributed by atoms with E-state index in [1.807, 2.05) is 0 Å². The Labute approximate surface area is 62.2 Å². The van der Waals surface area contributed by atoms with Crippen molar-refractivity contribution < 1.29 is 24.9 Å². The van der Waals surface area contributed by atoms with Gasteiger partial charge in [0, 0.05) is 0 Å². The lowest BCUT2D eigenvalue weighted by Gasteiger charge is -2.21. The van der Waals surface area contributed by atoms with Crippen molar-refractivity contribution in [2.24, 2.45) is 5.73 Å². The number of carbonyl (C=O) groups is 2. The third kappa shape index (κ3) is 1.89. The van der Waals surface area contributed by atoms with Crippen LogP contribution < -0.4 is 5.73 Å². The Hall–Kier alpha value is -1.14. The van der Waals surface area contributed by atoms with Gasteiger partial charge < -0.3 is 21.1 Å². The molecule has 2 atom stereocenters. The molecule has 0 unspecified atom stereocenters. The van der Waals surface area contributed by atoms with Gasteiger partial charge in [-0.25, -0.2) is 4.79 Å². The van der Waals surface area contributed by atoms with Gasteiger partial charge in [0.25, 0.3) is 0 Å². The van der Waals surface area contributed by atoms with Crippen LogP contribution in [0.3, 0.4) is 0 Å². The predicted molar refractivity (Wildman–Crippen MR) is 33.9 cm³/mol. The molecule has 0 amide bonds. The van der Waals surface area contributed by atoms with Gasteiger partial charge in [0.05, 0.1) is 0 Å². The Morgan fingerprint density at radius 2 is 1.82 bits per heavy atom. The van der Waals surface area contributed by atoms with Crippen LogP contribution in [-0.2, 0) is 9.59 Å². The van der Waals surface area contributed by atoms with E-state index < -0.39 is 23.6 Å². The van der Waals surface area contributed by atoms with Crippen LogP contribution in [-0.4, -0.2) is 38.9 Å². The van der Waals surface area contributed by atoms with Gasteiger partial charge in [-0.1, -0.05) is 0 Å². The van der Waals surface area contributed by atoms with Crippen LogP contribution in [0.15, 0.2) is 0 Å². The molecule has 6 heteroatoms. The van der Waals surface area contributed by atoms with Crippen molar-refractivity contribution in [1.29, 1.82) is 0 Å². The quantitative estimate of drug-likeness (QED) is 0.391. The van der Waals surface area contributed by atoms with Gasteiger partial charge >= 0.3 is 11.9 Å². The summed E-state index contributed by atoms with van der Waals surface area (Å²) >= 11 is 0. The highest BCUT2D eigenvalue weighted by Gasteiger charge is 2.41. The Balaban J connectivity index is 4.55. The van der Waals surface area contributed by atoms with Gasteiger partial charge in [-0.2, -0.15) is 0 Å². The lowest BCUT2D eigenvalue weighted by molar-refractivity contribution is -0.165. The molecule has 0 rings (SSSR count). The van der Waals surface area contributed by atoms with Crippen LogP contribution in [0.25, 0.3) is 0 Å². The number of rotatable bonds is 3. The Bertz CT molecular complexity index is 187. The zero-order valence-corrected chi connectivity index (χ0v) is 5.81. The van der Waals surface area contributed by atoms with Crippen molar-refractivity contribution in [3.8, 4) is 0 Å². The minimum absolute atomic E-state index is 0.828. The van der Waals surface area contributed by atoms with E-state index >= 15 is 0 Å². The molecule has 0 aliphatic carbocycles. The van der Waals surface area contributed by atoms with E-state index in [9.17, 15) is 9.59 Å². The molecule has 0 aliphatic heterocycles. The largest absolute Gasteiger partial charge is 0.480 e. The third-order valence-corrected chi connectivity index (χ3v) is 1.30. The maximum Gasteiger partial charge on any atom is 0.337 e. The molecule has 5 N–H and O–H groups in total. The number of aliphatic carboxylic acids is 2. The average Bonchev–Trinajstić information content (AvgIpc) is 1.85. The molecule has 0 saturated carbocycles. The van der Waals surface area contributed by atoms with E-state index in [0.717, 1.165) is 6.92 Å². The topological polar surface area (TPSA) is 121 Å². The molecule has 0 radical (unpaired) electrons. The van der Waals surface area contributed by atoms with Crippen LogP contribution in [0.1, 0.15) is 6.92 Å². The number of carboxylic acid groups (broad SMARTS) is 2. The summed E-state index contributed by atoms with van der Waals surface area (Å²) in [5.41, 5.74) is 2.44. The summed E-state index contributed by atoms with van der Waals surface area (Å²) in [6, 6.07) is -1.82. The van der Waals surface area contributed by atoms with Crippen molar-refractivity contribution >= 4 is 11.9 Å². The van der Waals surface area contributed by atoms with E-state index in [0.29, 0.717) is 0 Å². The SMILES string of the molecule is C[C@](O)(C(=O)O)[C@H](N)C(=O)O.